The first-order valence-corrected chi connectivity index (χ1v) is 7.52. The van der Waals surface area contributed by atoms with Gasteiger partial charge in [-0.1, -0.05) is 30.3 Å². The molecule has 2 N–H and O–H groups in total. The minimum Gasteiger partial charge on any atom is -0.369 e. The van der Waals surface area contributed by atoms with Crippen LogP contribution in [0.1, 0.15) is 29.7 Å². The monoisotopic (exact) mass is 284 g/mol. The van der Waals surface area contributed by atoms with E-state index in [1.165, 1.54) is 11.1 Å². The molecule has 0 saturated carbocycles. The number of hydrogen-bond donors (Lipinski definition) is 1. The van der Waals surface area contributed by atoms with Gasteiger partial charge in [-0.3, -0.25) is 0 Å². The highest BCUT2D eigenvalue weighted by Crippen LogP contribution is 2.25. The van der Waals surface area contributed by atoms with Crippen molar-refractivity contribution < 1.29 is 4.39 Å². The largest absolute Gasteiger partial charge is 0.369 e. The van der Waals surface area contributed by atoms with Crippen molar-refractivity contribution >= 4 is 5.69 Å². The van der Waals surface area contributed by atoms with Crippen LogP contribution in [0.3, 0.4) is 0 Å². The van der Waals surface area contributed by atoms with E-state index in [4.69, 9.17) is 5.73 Å². The fourth-order valence-electron chi connectivity index (χ4n) is 2.97. The van der Waals surface area contributed by atoms with Crippen molar-refractivity contribution in [2.24, 2.45) is 5.73 Å². The SMILES string of the molecule is CC(N)c1ccc(N2CCc3ccccc3CC2)c(F)c1. The van der Waals surface area contributed by atoms with Gasteiger partial charge in [0.25, 0.3) is 0 Å². The smallest absolute Gasteiger partial charge is 0.146 e. The van der Waals surface area contributed by atoms with Gasteiger partial charge in [-0.25, -0.2) is 4.39 Å². The summed E-state index contributed by atoms with van der Waals surface area (Å²) >= 11 is 0. The Balaban J connectivity index is 1.83. The number of nitrogens with zero attached hydrogens (tertiary/aromatic N) is 1. The van der Waals surface area contributed by atoms with E-state index in [9.17, 15) is 4.39 Å². The molecule has 0 bridgehead atoms. The summed E-state index contributed by atoms with van der Waals surface area (Å²) in [7, 11) is 0. The van der Waals surface area contributed by atoms with Gasteiger partial charge >= 0.3 is 0 Å². The lowest BCUT2D eigenvalue weighted by Gasteiger charge is -2.23. The van der Waals surface area contributed by atoms with Crippen LogP contribution in [0.5, 0.6) is 0 Å². The molecule has 110 valence electrons. The van der Waals surface area contributed by atoms with Gasteiger partial charge in [-0.15, -0.1) is 0 Å². The van der Waals surface area contributed by atoms with Gasteiger partial charge in [0.2, 0.25) is 0 Å². The van der Waals surface area contributed by atoms with Gasteiger partial charge in [0.15, 0.2) is 0 Å². The van der Waals surface area contributed by atoms with Crippen LogP contribution in [0.2, 0.25) is 0 Å². The Hall–Kier alpha value is -1.87. The summed E-state index contributed by atoms with van der Waals surface area (Å²) in [6.45, 7) is 3.58. The minimum atomic E-state index is -0.171. The molecule has 3 heteroatoms. The Morgan fingerprint density at radius 2 is 1.67 bits per heavy atom. The molecule has 2 aromatic rings. The zero-order chi connectivity index (χ0) is 14.8. The predicted molar refractivity (Wildman–Crippen MR) is 85.1 cm³/mol. The molecule has 1 unspecified atom stereocenters. The highest BCUT2D eigenvalue weighted by Gasteiger charge is 2.17. The van der Waals surface area contributed by atoms with Crippen molar-refractivity contribution in [1.82, 2.24) is 0 Å². The van der Waals surface area contributed by atoms with Crippen LogP contribution >= 0.6 is 0 Å². The van der Waals surface area contributed by atoms with E-state index in [1.807, 2.05) is 19.1 Å². The maximum absolute atomic E-state index is 14.4. The zero-order valence-electron chi connectivity index (χ0n) is 12.3. The summed E-state index contributed by atoms with van der Waals surface area (Å²) in [4.78, 5) is 2.14. The molecule has 0 spiro atoms. The summed E-state index contributed by atoms with van der Waals surface area (Å²) < 4.78 is 14.4. The van der Waals surface area contributed by atoms with Crippen molar-refractivity contribution in [2.45, 2.75) is 25.8 Å². The van der Waals surface area contributed by atoms with Crippen LogP contribution in [-0.2, 0) is 12.8 Å². The number of benzene rings is 2. The molecule has 0 saturated heterocycles. The van der Waals surface area contributed by atoms with E-state index < -0.39 is 0 Å². The van der Waals surface area contributed by atoms with E-state index in [-0.39, 0.29) is 11.9 Å². The van der Waals surface area contributed by atoms with Crippen LogP contribution in [0.15, 0.2) is 42.5 Å². The molecule has 0 radical (unpaired) electrons. The average Bonchev–Trinajstić information content (AvgIpc) is 2.70. The van der Waals surface area contributed by atoms with Crippen molar-refractivity contribution in [2.75, 3.05) is 18.0 Å². The minimum absolute atomic E-state index is 0.137. The van der Waals surface area contributed by atoms with Gasteiger partial charge in [-0.05, 0) is 48.6 Å². The van der Waals surface area contributed by atoms with E-state index in [1.54, 1.807) is 6.07 Å². The molecule has 1 aliphatic heterocycles. The molecule has 0 aromatic heterocycles. The number of fused-ring (bicyclic) bond motifs is 1. The Bertz CT molecular complexity index is 610. The second kappa shape index (κ2) is 5.86. The van der Waals surface area contributed by atoms with E-state index in [2.05, 4.69) is 29.2 Å². The first-order chi connectivity index (χ1) is 10.1. The lowest BCUT2D eigenvalue weighted by molar-refractivity contribution is 0.612. The van der Waals surface area contributed by atoms with Crippen molar-refractivity contribution in [3.63, 3.8) is 0 Å². The molecule has 0 fully saturated rings. The Morgan fingerprint density at radius 3 is 2.19 bits per heavy atom. The topological polar surface area (TPSA) is 29.3 Å². The van der Waals surface area contributed by atoms with E-state index in [0.717, 1.165) is 31.5 Å². The van der Waals surface area contributed by atoms with Crippen LogP contribution in [-0.4, -0.2) is 13.1 Å². The molecule has 0 amide bonds. The van der Waals surface area contributed by atoms with Crippen LogP contribution in [0.25, 0.3) is 0 Å². The van der Waals surface area contributed by atoms with Gasteiger partial charge in [0.05, 0.1) is 5.69 Å². The van der Waals surface area contributed by atoms with Gasteiger partial charge in [0.1, 0.15) is 5.82 Å². The third kappa shape index (κ3) is 2.93. The highest BCUT2D eigenvalue weighted by atomic mass is 19.1. The van der Waals surface area contributed by atoms with Crippen molar-refractivity contribution in [3.05, 3.63) is 65.0 Å². The lowest BCUT2D eigenvalue weighted by atomic mass is 10.0. The van der Waals surface area contributed by atoms with Gasteiger partial charge in [-0.2, -0.15) is 0 Å². The molecule has 2 aromatic carbocycles. The quantitative estimate of drug-likeness (QED) is 0.915. The van der Waals surface area contributed by atoms with E-state index in [0.29, 0.717) is 5.69 Å². The number of rotatable bonds is 2. The Kier molecular flexibility index (Phi) is 3.93. The predicted octanol–water partition coefficient (Wildman–Crippen LogP) is 3.45. The summed E-state index contributed by atoms with van der Waals surface area (Å²) in [5, 5.41) is 0. The molecular weight excluding hydrogens is 263 g/mol. The standard InChI is InChI=1S/C18H21FN2/c1-13(20)16-6-7-18(17(19)12-16)21-10-8-14-4-2-3-5-15(14)9-11-21/h2-7,12-13H,8-11,20H2,1H3. The van der Waals surface area contributed by atoms with Crippen LogP contribution < -0.4 is 10.6 Å². The lowest BCUT2D eigenvalue weighted by Crippen LogP contribution is -2.27. The molecule has 1 atom stereocenters. The normalized spacial score (nSPS) is 16.2. The first-order valence-electron chi connectivity index (χ1n) is 7.52. The fourth-order valence-corrected chi connectivity index (χ4v) is 2.97. The van der Waals surface area contributed by atoms with Gasteiger partial charge in [0, 0.05) is 19.1 Å². The summed E-state index contributed by atoms with van der Waals surface area (Å²) in [5.41, 5.74) is 10.1. The maximum atomic E-state index is 14.4. The highest BCUT2D eigenvalue weighted by molar-refractivity contribution is 5.50. The Morgan fingerprint density at radius 1 is 1.05 bits per heavy atom. The van der Waals surface area contributed by atoms with Crippen molar-refractivity contribution in [3.8, 4) is 0 Å². The Labute approximate surface area is 125 Å². The third-order valence-corrected chi connectivity index (χ3v) is 4.26. The average molecular weight is 284 g/mol. The number of nitrogens with two attached hydrogens (primary N) is 1. The van der Waals surface area contributed by atoms with Crippen LogP contribution in [0.4, 0.5) is 10.1 Å². The van der Waals surface area contributed by atoms with Gasteiger partial charge < -0.3 is 10.6 Å². The van der Waals surface area contributed by atoms with Crippen LogP contribution in [0, 0.1) is 5.82 Å². The number of hydrogen-bond acceptors (Lipinski definition) is 2. The molecule has 2 nitrogen and oxygen atoms in total. The molecule has 0 aliphatic carbocycles. The zero-order valence-corrected chi connectivity index (χ0v) is 12.3. The summed E-state index contributed by atoms with van der Waals surface area (Å²) in [6.07, 6.45) is 1.93. The number of halogens is 1. The second-order valence-electron chi connectivity index (χ2n) is 5.76. The second-order valence-corrected chi connectivity index (χ2v) is 5.76. The summed E-state index contributed by atoms with van der Waals surface area (Å²) in [6, 6.07) is 13.7. The fraction of sp³-hybridized carbons (Fsp3) is 0.333. The molecule has 1 aliphatic rings. The van der Waals surface area contributed by atoms with Crippen molar-refractivity contribution in [1.29, 1.82) is 0 Å². The molecule has 3 rings (SSSR count). The third-order valence-electron chi connectivity index (χ3n) is 4.26. The maximum Gasteiger partial charge on any atom is 0.146 e. The van der Waals surface area contributed by atoms with E-state index >= 15 is 0 Å². The molecule has 1 heterocycles. The molecule has 21 heavy (non-hydrogen) atoms. The summed E-state index contributed by atoms with van der Waals surface area (Å²) in [5.74, 6) is -0.171. The first kappa shape index (κ1) is 14.1. The number of anilines is 1. The molecular formula is C18H21FN2.